The minimum Gasteiger partial charge on any atom is -0.493 e. The molecule has 0 bridgehead atoms. The highest BCUT2D eigenvalue weighted by molar-refractivity contribution is 6.31. The van der Waals surface area contributed by atoms with Crippen molar-refractivity contribution in [3.63, 3.8) is 0 Å². The van der Waals surface area contributed by atoms with E-state index in [-0.39, 0.29) is 0 Å². The van der Waals surface area contributed by atoms with Crippen LogP contribution < -0.4 is 14.8 Å². The lowest BCUT2D eigenvalue weighted by Gasteiger charge is -2.13. The zero-order valence-electron chi connectivity index (χ0n) is 11.6. The first-order chi connectivity index (χ1) is 9.65. The van der Waals surface area contributed by atoms with Gasteiger partial charge < -0.3 is 14.8 Å². The quantitative estimate of drug-likeness (QED) is 0.877. The summed E-state index contributed by atoms with van der Waals surface area (Å²) in [5, 5.41) is 14.8. The van der Waals surface area contributed by atoms with E-state index in [0.717, 1.165) is 5.56 Å². The predicted octanol–water partition coefficient (Wildman–Crippen LogP) is 1.88. The first kappa shape index (κ1) is 14.4. The molecule has 0 aliphatic rings. The molecule has 0 aliphatic heterocycles. The number of halogens is 1. The molecule has 8 heteroatoms. The Morgan fingerprint density at radius 3 is 2.75 bits per heavy atom. The number of rotatable bonds is 6. The van der Waals surface area contributed by atoms with Crippen molar-refractivity contribution in [1.29, 1.82) is 0 Å². The number of aryl methyl sites for hydroxylation is 1. The summed E-state index contributed by atoms with van der Waals surface area (Å²) < 4.78 is 12.3. The summed E-state index contributed by atoms with van der Waals surface area (Å²) in [6.45, 7) is 2.94. The number of methoxy groups -OCH3 is 1. The first-order valence-corrected chi connectivity index (χ1v) is 6.49. The summed E-state index contributed by atoms with van der Waals surface area (Å²) in [5.41, 5.74) is 0.870. The number of anilines is 1. The van der Waals surface area contributed by atoms with E-state index in [2.05, 4.69) is 20.8 Å². The second-order valence-electron chi connectivity index (χ2n) is 4.01. The van der Waals surface area contributed by atoms with Crippen LogP contribution in [0.1, 0.15) is 12.5 Å². The Hall–Kier alpha value is -2.02. The van der Waals surface area contributed by atoms with Gasteiger partial charge in [0.05, 0.1) is 13.7 Å². The number of tetrazole rings is 1. The monoisotopic (exact) mass is 297 g/mol. The highest BCUT2D eigenvalue weighted by Crippen LogP contribution is 2.33. The van der Waals surface area contributed by atoms with Crippen molar-refractivity contribution in [1.82, 2.24) is 20.2 Å². The molecular weight excluding hydrogens is 282 g/mol. The number of benzene rings is 1. The van der Waals surface area contributed by atoms with Gasteiger partial charge in [-0.05, 0) is 29.0 Å². The predicted molar refractivity (Wildman–Crippen MR) is 75.3 cm³/mol. The third-order valence-corrected chi connectivity index (χ3v) is 3.04. The average molecular weight is 298 g/mol. The molecule has 1 aromatic heterocycles. The van der Waals surface area contributed by atoms with E-state index >= 15 is 0 Å². The maximum Gasteiger partial charge on any atom is 0.242 e. The fraction of sp³-hybridized carbons (Fsp3) is 0.417. The molecule has 7 nitrogen and oxygen atoms in total. The fourth-order valence-corrected chi connectivity index (χ4v) is 1.91. The van der Waals surface area contributed by atoms with E-state index in [1.165, 1.54) is 0 Å². The van der Waals surface area contributed by atoms with Crippen molar-refractivity contribution < 1.29 is 9.47 Å². The summed E-state index contributed by atoms with van der Waals surface area (Å²) in [5.74, 6) is 1.84. The van der Waals surface area contributed by atoms with Crippen molar-refractivity contribution in [3.8, 4) is 11.5 Å². The Morgan fingerprint density at radius 1 is 1.35 bits per heavy atom. The van der Waals surface area contributed by atoms with Gasteiger partial charge in [-0.25, -0.2) is 4.68 Å². The fourth-order valence-electron chi connectivity index (χ4n) is 1.69. The Kier molecular flexibility index (Phi) is 4.62. The summed E-state index contributed by atoms with van der Waals surface area (Å²) in [7, 11) is 3.35. The lowest BCUT2D eigenvalue weighted by molar-refractivity contribution is 0.310. The summed E-state index contributed by atoms with van der Waals surface area (Å²) >= 11 is 6.24. The highest BCUT2D eigenvalue weighted by Gasteiger charge is 2.11. The van der Waals surface area contributed by atoms with Crippen LogP contribution in [0.3, 0.4) is 0 Å². The molecule has 108 valence electrons. The van der Waals surface area contributed by atoms with E-state index in [9.17, 15) is 0 Å². The van der Waals surface area contributed by atoms with Crippen molar-refractivity contribution in [2.24, 2.45) is 7.05 Å². The number of hydrogen-bond acceptors (Lipinski definition) is 6. The van der Waals surface area contributed by atoms with Gasteiger partial charge in [0.25, 0.3) is 0 Å². The lowest BCUT2D eigenvalue weighted by Crippen LogP contribution is -2.07. The van der Waals surface area contributed by atoms with Gasteiger partial charge in [0.2, 0.25) is 5.95 Å². The van der Waals surface area contributed by atoms with Crippen LogP contribution in [0.15, 0.2) is 12.1 Å². The topological polar surface area (TPSA) is 74.1 Å². The molecule has 1 aromatic carbocycles. The van der Waals surface area contributed by atoms with E-state index in [0.29, 0.717) is 35.6 Å². The second kappa shape index (κ2) is 6.42. The number of ether oxygens (including phenoxy) is 2. The molecule has 0 spiro atoms. The van der Waals surface area contributed by atoms with Crippen LogP contribution in [0.25, 0.3) is 0 Å². The van der Waals surface area contributed by atoms with E-state index in [4.69, 9.17) is 21.1 Å². The van der Waals surface area contributed by atoms with Gasteiger partial charge in [-0.3, -0.25) is 0 Å². The van der Waals surface area contributed by atoms with Gasteiger partial charge in [0, 0.05) is 24.7 Å². The summed E-state index contributed by atoms with van der Waals surface area (Å²) in [4.78, 5) is 0. The van der Waals surface area contributed by atoms with Crippen molar-refractivity contribution in [2.45, 2.75) is 13.5 Å². The van der Waals surface area contributed by atoms with Crippen molar-refractivity contribution >= 4 is 17.5 Å². The maximum absolute atomic E-state index is 6.24. The van der Waals surface area contributed by atoms with Gasteiger partial charge in [-0.15, -0.1) is 0 Å². The van der Waals surface area contributed by atoms with E-state index in [1.807, 2.05) is 13.0 Å². The minimum atomic E-state index is 0.482. The van der Waals surface area contributed by atoms with Crippen molar-refractivity contribution in [3.05, 3.63) is 22.7 Å². The first-order valence-electron chi connectivity index (χ1n) is 6.11. The van der Waals surface area contributed by atoms with Crippen LogP contribution in [0.2, 0.25) is 5.02 Å². The number of hydrogen-bond donors (Lipinski definition) is 1. The van der Waals surface area contributed by atoms with Crippen LogP contribution in [0.5, 0.6) is 11.5 Å². The Bertz CT molecular complexity index is 587. The molecule has 0 amide bonds. The molecule has 2 rings (SSSR count). The molecule has 0 fully saturated rings. The largest absolute Gasteiger partial charge is 0.493 e. The Labute approximate surface area is 121 Å². The number of nitrogens with zero attached hydrogens (tertiary/aromatic N) is 4. The van der Waals surface area contributed by atoms with Gasteiger partial charge in [0.1, 0.15) is 0 Å². The minimum absolute atomic E-state index is 0.482. The molecular formula is C12H16ClN5O2. The molecule has 0 aliphatic carbocycles. The van der Waals surface area contributed by atoms with E-state index in [1.54, 1.807) is 24.9 Å². The molecule has 2 aromatic rings. The summed E-state index contributed by atoms with van der Waals surface area (Å²) in [6, 6.07) is 3.58. The van der Waals surface area contributed by atoms with Crippen LogP contribution in [0, 0.1) is 0 Å². The van der Waals surface area contributed by atoms with Gasteiger partial charge >= 0.3 is 0 Å². The maximum atomic E-state index is 6.24. The van der Waals surface area contributed by atoms with Crippen LogP contribution in [-0.2, 0) is 13.6 Å². The molecule has 20 heavy (non-hydrogen) atoms. The highest BCUT2D eigenvalue weighted by atomic mass is 35.5. The SMILES string of the molecule is CCOc1cc(Cl)c(CNc2nnnn2C)cc1OC. The third kappa shape index (κ3) is 3.11. The van der Waals surface area contributed by atoms with Crippen LogP contribution in [-0.4, -0.2) is 33.9 Å². The lowest BCUT2D eigenvalue weighted by atomic mass is 10.2. The van der Waals surface area contributed by atoms with Gasteiger partial charge in [0.15, 0.2) is 11.5 Å². The normalized spacial score (nSPS) is 10.4. The van der Waals surface area contributed by atoms with E-state index < -0.39 is 0 Å². The van der Waals surface area contributed by atoms with Crippen LogP contribution in [0.4, 0.5) is 5.95 Å². The van der Waals surface area contributed by atoms with Crippen LogP contribution >= 0.6 is 11.6 Å². The molecule has 0 unspecified atom stereocenters. The zero-order valence-corrected chi connectivity index (χ0v) is 12.3. The third-order valence-electron chi connectivity index (χ3n) is 2.69. The molecule has 0 saturated carbocycles. The van der Waals surface area contributed by atoms with Gasteiger partial charge in [-0.2, -0.15) is 0 Å². The van der Waals surface area contributed by atoms with Crippen molar-refractivity contribution in [2.75, 3.05) is 19.0 Å². The molecule has 1 N–H and O–H groups in total. The standard InChI is InChI=1S/C12H16ClN5O2/c1-4-20-11-6-9(13)8(5-10(11)19-3)7-14-12-15-16-17-18(12)2/h5-6H,4,7H2,1-3H3,(H,14,15,17). The van der Waals surface area contributed by atoms with Gasteiger partial charge in [-0.1, -0.05) is 16.7 Å². The Morgan fingerprint density at radius 2 is 2.15 bits per heavy atom. The molecule has 0 atom stereocenters. The second-order valence-corrected chi connectivity index (χ2v) is 4.41. The summed E-state index contributed by atoms with van der Waals surface area (Å²) in [6.07, 6.45) is 0. The zero-order chi connectivity index (χ0) is 14.5. The smallest absolute Gasteiger partial charge is 0.242 e. The average Bonchev–Trinajstić information content (AvgIpc) is 2.84. The Balaban J connectivity index is 2.17. The number of aromatic nitrogens is 4. The molecule has 0 saturated heterocycles. The molecule has 0 radical (unpaired) electrons. The number of nitrogens with one attached hydrogen (secondary N) is 1. The molecule has 1 heterocycles.